The lowest BCUT2D eigenvalue weighted by Crippen LogP contribution is -1.82. The third kappa shape index (κ3) is 7.75. The molecule has 0 saturated heterocycles. The lowest BCUT2D eigenvalue weighted by Gasteiger charge is -1.91. The van der Waals surface area contributed by atoms with Crippen molar-refractivity contribution in [1.29, 1.82) is 0 Å². The minimum Gasteiger partial charge on any atom is -0.392 e. The van der Waals surface area contributed by atoms with Crippen LogP contribution in [0.4, 0.5) is 0 Å². The number of aromatic nitrogens is 1. The fraction of sp³-hybridized carbons (Fsp3) is 0.500. The molecule has 1 heterocycles. The fourth-order valence-corrected chi connectivity index (χ4v) is 0.612. The van der Waals surface area contributed by atoms with E-state index in [-0.39, 0.29) is 6.61 Å². The highest BCUT2D eigenvalue weighted by atomic mass is 35.5. The third-order valence-corrected chi connectivity index (χ3v) is 1.19. The molecule has 3 heteroatoms. The first kappa shape index (κ1) is 14.9. The zero-order valence-corrected chi connectivity index (χ0v) is 9.47. The van der Waals surface area contributed by atoms with Gasteiger partial charge in [-0.2, -0.15) is 0 Å². The van der Waals surface area contributed by atoms with Gasteiger partial charge in [-0.05, 0) is 11.6 Å². The summed E-state index contributed by atoms with van der Waals surface area (Å²) in [6.45, 7) is 8.02. The first-order valence-electron chi connectivity index (χ1n) is 4.54. The molecule has 0 aromatic carbocycles. The van der Waals surface area contributed by atoms with Gasteiger partial charge < -0.3 is 5.11 Å². The average molecular weight is 204 g/mol. The standard InChI is InChI=1S/C6H6ClNO.2C2H6/c7-6-2-1-5(4-9)3-8-6;2*1-2/h1-3,9H,4H2;2*1-2H3. The minimum atomic E-state index is 0.0180. The number of pyridine rings is 1. The van der Waals surface area contributed by atoms with Crippen molar-refractivity contribution in [3.63, 3.8) is 0 Å². The minimum absolute atomic E-state index is 0.0180. The molecule has 1 rings (SSSR count). The number of nitrogens with zero attached hydrogens (tertiary/aromatic N) is 1. The predicted octanol–water partition coefficient (Wildman–Crippen LogP) is 3.28. The Kier molecular flexibility index (Phi) is 13.1. The molecular formula is C10H18ClNO. The van der Waals surface area contributed by atoms with Gasteiger partial charge in [-0.15, -0.1) is 0 Å². The number of rotatable bonds is 1. The smallest absolute Gasteiger partial charge is 0.129 e. The van der Waals surface area contributed by atoms with Gasteiger partial charge in [-0.25, -0.2) is 4.98 Å². The van der Waals surface area contributed by atoms with Gasteiger partial charge >= 0.3 is 0 Å². The summed E-state index contributed by atoms with van der Waals surface area (Å²) >= 11 is 5.48. The zero-order valence-electron chi connectivity index (χ0n) is 8.71. The van der Waals surface area contributed by atoms with E-state index in [9.17, 15) is 0 Å². The van der Waals surface area contributed by atoms with Crippen molar-refractivity contribution in [2.75, 3.05) is 0 Å². The molecule has 0 saturated carbocycles. The first-order valence-corrected chi connectivity index (χ1v) is 4.92. The molecule has 76 valence electrons. The molecule has 1 aromatic heterocycles. The van der Waals surface area contributed by atoms with Gasteiger partial charge in [0, 0.05) is 6.20 Å². The Balaban J connectivity index is 0. The highest BCUT2D eigenvalue weighted by Crippen LogP contribution is 2.04. The molecular weight excluding hydrogens is 186 g/mol. The second-order valence-electron chi connectivity index (χ2n) is 1.65. The largest absolute Gasteiger partial charge is 0.392 e. The topological polar surface area (TPSA) is 33.1 Å². The second-order valence-corrected chi connectivity index (χ2v) is 2.03. The summed E-state index contributed by atoms with van der Waals surface area (Å²) in [6, 6.07) is 3.38. The lowest BCUT2D eigenvalue weighted by molar-refractivity contribution is 0.281. The van der Waals surface area contributed by atoms with E-state index >= 15 is 0 Å². The second kappa shape index (κ2) is 11.4. The van der Waals surface area contributed by atoms with Crippen molar-refractivity contribution in [2.24, 2.45) is 0 Å². The van der Waals surface area contributed by atoms with Crippen molar-refractivity contribution in [3.05, 3.63) is 29.0 Å². The van der Waals surface area contributed by atoms with Crippen LogP contribution in [0.25, 0.3) is 0 Å². The van der Waals surface area contributed by atoms with E-state index in [0.29, 0.717) is 5.15 Å². The summed E-state index contributed by atoms with van der Waals surface area (Å²) in [6.07, 6.45) is 1.54. The summed E-state index contributed by atoms with van der Waals surface area (Å²) in [5, 5.41) is 9.00. The Morgan fingerprint density at radius 3 is 2.08 bits per heavy atom. The Hall–Kier alpha value is -0.600. The van der Waals surface area contributed by atoms with Gasteiger partial charge in [0.2, 0.25) is 0 Å². The summed E-state index contributed by atoms with van der Waals surface area (Å²) in [5.74, 6) is 0. The molecule has 0 spiro atoms. The molecule has 13 heavy (non-hydrogen) atoms. The average Bonchev–Trinajstić information content (AvgIpc) is 2.25. The molecule has 1 aromatic rings. The molecule has 0 aliphatic heterocycles. The van der Waals surface area contributed by atoms with Crippen LogP contribution in [-0.2, 0) is 6.61 Å². The van der Waals surface area contributed by atoms with Crippen LogP contribution in [0.2, 0.25) is 5.15 Å². The number of hydrogen-bond donors (Lipinski definition) is 1. The van der Waals surface area contributed by atoms with Gasteiger partial charge in [0.1, 0.15) is 5.15 Å². The van der Waals surface area contributed by atoms with E-state index < -0.39 is 0 Å². The molecule has 0 unspecified atom stereocenters. The van der Waals surface area contributed by atoms with Gasteiger partial charge in [-0.3, -0.25) is 0 Å². The summed E-state index contributed by atoms with van der Waals surface area (Å²) in [7, 11) is 0. The number of aliphatic hydroxyl groups is 1. The normalized spacial score (nSPS) is 7.54. The zero-order chi connectivity index (χ0) is 10.7. The van der Waals surface area contributed by atoms with E-state index in [4.69, 9.17) is 16.7 Å². The molecule has 0 aliphatic carbocycles. The maximum Gasteiger partial charge on any atom is 0.129 e. The molecule has 0 bridgehead atoms. The van der Waals surface area contributed by atoms with Gasteiger partial charge in [0.15, 0.2) is 0 Å². The number of hydrogen-bond acceptors (Lipinski definition) is 2. The van der Waals surface area contributed by atoms with Crippen molar-refractivity contribution in [2.45, 2.75) is 34.3 Å². The van der Waals surface area contributed by atoms with Crippen LogP contribution in [0.5, 0.6) is 0 Å². The Labute approximate surface area is 85.6 Å². The third-order valence-electron chi connectivity index (χ3n) is 0.971. The van der Waals surface area contributed by atoms with Crippen LogP contribution < -0.4 is 0 Å². The van der Waals surface area contributed by atoms with Gasteiger partial charge in [0.05, 0.1) is 6.61 Å². The maximum atomic E-state index is 8.55. The first-order chi connectivity index (χ1) is 6.33. The quantitative estimate of drug-likeness (QED) is 0.711. The van der Waals surface area contributed by atoms with Crippen molar-refractivity contribution < 1.29 is 5.11 Å². The maximum absolute atomic E-state index is 8.55. The Morgan fingerprint density at radius 2 is 1.77 bits per heavy atom. The van der Waals surface area contributed by atoms with E-state index in [0.717, 1.165) is 5.56 Å². The van der Waals surface area contributed by atoms with Crippen molar-refractivity contribution >= 4 is 11.6 Å². The molecule has 2 nitrogen and oxygen atoms in total. The van der Waals surface area contributed by atoms with Gasteiger partial charge in [-0.1, -0.05) is 45.4 Å². The SMILES string of the molecule is CC.CC.OCc1ccc(Cl)nc1. The van der Waals surface area contributed by atoms with E-state index in [1.165, 1.54) is 0 Å². The van der Waals surface area contributed by atoms with E-state index in [1.54, 1.807) is 18.3 Å². The van der Waals surface area contributed by atoms with E-state index in [2.05, 4.69) is 4.98 Å². The Morgan fingerprint density at radius 1 is 1.23 bits per heavy atom. The predicted molar refractivity (Wildman–Crippen MR) is 57.9 cm³/mol. The van der Waals surface area contributed by atoms with Crippen molar-refractivity contribution in [3.8, 4) is 0 Å². The summed E-state index contributed by atoms with van der Waals surface area (Å²) < 4.78 is 0. The molecule has 0 radical (unpaired) electrons. The summed E-state index contributed by atoms with van der Waals surface area (Å²) in [4.78, 5) is 3.76. The molecule has 0 fully saturated rings. The molecule has 0 aliphatic rings. The molecule has 1 N–H and O–H groups in total. The highest BCUT2D eigenvalue weighted by Gasteiger charge is 1.88. The van der Waals surface area contributed by atoms with Crippen LogP contribution in [0, 0.1) is 0 Å². The number of aliphatic hydroxyl groups excluding tert-OH is 1. The van der Waals surface area contributed by atoms with Crippen LogP contribution in [0.1, 0.15) is 33.3 Å². The summed E-state index contributed by atoms with van der Waals surface area (Å²) in [5.41, 5.74) is 0.777. The van der Waals surface area contributed by atoms with Crippen LogP contribution in [0.15, 0.2) is 18.3 Å². The lowest BCUT2D eigenvalue weighted by atomic mass is 10.3. The van der Waals surface area contributed by atoms with Crippen LogP contribution in [0.3, 0.4) is 0 Å². The monoisotopic (exact) mass is 203 g/mol. The fourth-order valence-electron chi connectivity index (χ4n) is 0.500. The van der Waals surface area contributed by atoms with E-state index in [1.807, 2.05) is 27.7 Å². The molecule has 0 atom stereocenters. The van der Waals surface area contributed by atoms with Crippen LogP contribution >= 0.6 is 11.6 Å². The molecule has 0 amide bonds. The van der Waals surface area contributed by atoms with Crippen molar-refractivity contribution in [1.82, 2.24) is 4.98 Å². The van der Waals surface area contributed by atoms with Gasteiger partial charge in [0.25, 0.3) is 0 Å². The van der Waals surface area contributed by atoms with Crippen LogP contribution in [-0.4, -0.2) is 10.1 Å². The number of halogens is 1. The Bertz CT molecular complexity index is 187. The highest BCUT2D eigenvalue weighted by molar-refractivity contribution is 6.29.